The van der Waals surface area contributed by atoms with Crippen LogP contribution in [0.25, 0.3) is 0 Å². The topological polar surface area (TPSA) is 42.2 Å². The lowest BCUT2D eigenvalue weighted by Gasteiger charge is -2.24. The van der Waals surface area contributed by atoms with E-state index in [1.807, 2.05) is 6.07 Å². The zero-order chi connectivity index (χ0) is 15.2. The Morgan fingerprint density at radius 3 is 2.38 bits per heavy atom. The Kier molecular flexibility index (Phi) is 5.51. The molecule has 114 valence electrons. The molecule has 2 aromatic rings. The second kappa shape index (κ2) is 7.36. The van der Waals surface area contributed by atoms with Crippen molar-refractivity contribution in [3.63, 3.8) is 0 Å². The third-order valence-electron chi connectivity index (χ3n) is 3.40. The van der Waals surface area contributed by atoms with Crippen molar-refractivity contribution in [2.75, 3.05) is 0 Å². The predicted octanol–water partition coefficient (Wildman–Crippen LogP) is 3.68. The molecule has 0 fully saturated rings. The summed E-state index contributed by atoms with van der Waals surface area (Å²) in [6, 6.07) is 10.9. The molecule has 1 aromatic carbocycles. The molecule has 0 aliphatic rings. The number of hydrogen-bond acceptors (Lipinski definition) is 4. The number of aromatic nitrogens is 2. The number of benzene rings is 1. The Balaban J connectivity index is 2.01. The summed E-state index contributed by atoms with van der Waals surface area (Å²) in [5, 5.41) is 4.11. The van der Waals surface area contributed by atoms with Crippen LogP contribution in [0.2, 0.25) is 0 Å². The molecule has 0 unspecified atom stereocenters. The average Bonchev–Trinajstić information content (AvgIpc) is 2.85. The van der Waals surface area contributed by atoms with Gasteiger partial charge in [-0.1, -0.05) is 49.3 Å². The highest BCUT2D eigenvalue weighted by Gasteiger charge is 2.15. The van der Waals surface area contributed by atoms with E-state index in [2.05, 4.69) is 67.0 Å². The predicted molar refractivity (Wildman–Crippen MR) is 83.7 cm³/mol. The molecule has 0 atom stereocenters. The first kappa shape index (κ1) is 15.7. The highest BCUT2D eigenvalue weighted by Crippen LogP contribution is 2.12. The Hall–Kier alpha value is -1.68. The largest absolute Gasteiger partial charge is 0.339 e. The minimum atomic E-state index is 0.428. The van der Waals surface area contributed by atoms with Crippen molar-refractivity contribution in [3.8, 4) is 0 Å². The summed E-state index contributed by atoms with van der Waals surface area (Å²) >= 11 is 0. The molecular weight excluding hydrogens is 262 g/mol. The van der Waals surface area contributed by atoms with Gasteiger partial charge in [-0.05, 0) is 25.3 Å². The van der Waals surface area contributed by atoms with Crippen molar-refractivity contribution in [1.82, 2.24) is 15.0 Å². The van der Waals surface area contributed by atoms with Gasteiger partial charge in [0.05, 0.1) is 6.54 Å². The zero-order valence-electron chi connectivity index (χ0n) is 13.4. The molecule has 0 aliphatic heterocycles. The number of rotatable bonds is 7. The van der Waals surface area contributed by atoms with Crippen molar-refractivity contribution in [3.05, 3.63) is 47.6 Å². The first-order chi connectivity index (χ1) is 10.0. The van der Waals surface area contributed by atoms with Crippen LogP contribution in [0.3, 0.4) is 0 Å². The van der Waals surface area contributed by atoms with Crippen molar-refractivity contribution in [2.45, 2.75) is 53.2 Å². The summed E-state index contributed by atoms with van der Waals surface area (Å²) < 4.78 is 5.32. The van der Waals surface area contributed by atoms with Crippen LogP contribution in [0.4, 0.5) is 0 Å². The van der Waals surface area contributed by atoms with Crippen LogP contribution in [-0.2, 0) is 19.5 Å². The fourth-order valence-corrected chi connectivity index (χ4v) is 2.21. The molecule has 0 N–H and O–H groups in total. The van der Waals surface area contributed by atoms with Gasteiger partial charge in [0.1, 0.15) is 0 Å². The fraction of sp³-hybridized carbons (Fsp3) is 0.529. The highest BCUT2D eigenvalue weighted by atomic mass is 16.5. The Bertz CT molecular complexity index is 534. The molecule has 0 saturated carbocycles. The summed E-state index contributed by atoms with van der Waals surface area (Å²) in [6.45, 7) is 10.3. The smallest absolute Gasteiger partial charge is 0.226 e. The van der Waals surface area contributed by atoms with Gasteiger partial charge in [-0.25, -0.2) is 0 Å². The molecule has 0 spiro atoms. The van der Waals surface area contributed by atoms with E-state index in [9.17, 15) is 0 Å². The quantitative estimate of drug-likeness (QED) is 0.779. The van der Waals surface area contributed by atoms with Crippen molar-refractivity contribution in [2.24, 2.45) is 5.92 Å². The van der Waals surface area contributed by atoms with Gasteiger partial charge in [-0.2, -0.15) is 4.98 Å². The van der Waals surface area contributed by atoms with Gasteiger partial charge in [-0.3, -0.25) is 4.90 Å². The van der Waals surface area contributed by atoms with Gasteiger partial charge < -0.3 is 4.52 Å². The van der Waals surface area contributed by atoms with E-state index >= 15 is 0 Å². The van der Waals surface area contributed by atoms with Crippen LogP contribution in [-0.4, -0.2) is 21.1 Å². The molecular formula is C17H25N3O. The third kappa shape index (κ3) is 4.97. The van der Waals surface area contributed by atoms with E-state index in [0.29, 0.717) is 18.5 Å². The summed E-state index contributed by atoms with van der Waals surface area (Å²) in [7, 11) is 0. The standard InChI is InChI=1S/C17H25N3O/c1-13(2)10-17-18-16(19-21-17)12-20(14(3)4)11-15-8-6-5-7-9-15/h5-9,13-14H,10-12H2,1-4H3. The number of nitrogens with zero attached hydrogens (tertiary/aromatic N) is 3. The highest BCUT2D eigenvalue weighted by molar-refractivity contribution is 5.14. The maximum absolute atomic E-state index is 5.32. The lowest BCUT2D eigenvalue weighted by atomic mass is 10.1. The zero-order valence-corrected chi connectivity index (χ0v) is 13.4. The van der Waals surface area contributed by atoms with Gasteiger partial charge in [-0.15, -0.1) is 0 Å². The van der Waals surface area contributed by atoms with Crippen molar-refractivity contribution >= 4 is 0 Å². The normalized spacial score (nSPS) is 11.8. The van der Waals surface area contributed by atoms with Gasteiger partial charge in [0.2, 0.25) is 5.89 Å². The molecule has 4 heteroatoms. The molecule has 21 heavy (non-hydrogen) atoms. The SMILES string of the molecule is CC(C)Cc1nc(CN(Cc2ccccc2)C(C)C)no1. The van der Waals surface area contributed by atoms with Crippen LogP contribution >= 0.6 is 0 Å². The molecule has 0 radical (unpaired) electrons. The summed E-state index contributed by atoms with van der Waals surface area (Å²) in [5.74, 6) is 2.04. The maximum Gasteiger partial charge on any atom is 0.226 e. The van der Waals surface area contributed by atoms with E-state index in [4.69, 9.17) is 4.52 Å². The van der Waals surface area contributed by atoms with Crippen molar-refractivity contribution in [1.29, 1.82) is 0 Å². The minimum absolute atomic E-state index is 0.428. The lowest BCUT2D eigenvalue weighted by Crippen LogP contribution is -2.30. The van der Waals surface area contributed by atoms with E-state index in [0.717, 1.165) is 24.7 Å². The van der Waals surface area contributed by atoms with E-state index < -0.39 is 0 Å². The van der Waals surface area contributed by atoms with Gasteiger partial charge in [0.15, 0.2) is 5.82 Å². The average molecular weight is 287 g/mol. The summed E-state index contributed by atoms with van der Waals surface area (Å²) in [6.07, 6.45) is 0.841. The lowest BCUT2D eigenvalue weighted by molar-refractivity contribution is 0.195. The van der Waals surface area contributed by atoms with Gasteiger partial charge in [0.25, 0.3) is 0 Å². The second-order valence-corrected chi connectivity index (χ2v) is 6.19. The molecule has 0 bridgehead atoms. The first-order valence-electron chi connectivity index (χ1n) is 7.64. The van der Waals surface area contributed by atoms with Gasteiger partial charge >= 0.3 is 0 Å². The molecule has 0 saturated heterocycles. The molecule has 2 rings (SSSR count). The van der Waals surface area contributed by atoms with Crippen LogP contribution < -0.4 is 0 Å². The van der Waals surface area contributed by atoms with Crippen LogP contribution in [0.15, 0.2) is 34.9 Å². The maximum atomic E-state index is 5.32. The fourth-order valence-electron chi connectivity index (χ4n) is 2.21. The number of hydrogen-bond donors (Lipinski definition) is 0. The molecule has 4 nitrogen and oxygen atoms in total. The van der Waals surface area contributed by atoms with Gasteiger partial charge in [0, 0.05) is 19.0 Å². The van der Waals surface area contributed by atoms with Crippen molar-refractivity contribution < 1.29 is 4.52 Å². The Labute approximate surface area is 127 Å². The second-order valence-electron chi connectivity index (χ2n) is 6.19. The molecule has 0 amide bonds. The summed E-state index contributed by atoms with van der Waals surface area (Å²) in [5.41, 5.74) is 1.30. The molecule has 0 aliphatic carbocycles. The Morgan fingerprint density at radius 2 is 1.76 bits per heavy atom. The summed E-state index contributed by atoms with van der Waals surface area (Å²) in [4.78, 5) is 6.84. The van der Waals surface area contributed by atoms with Crippen LogP contribution in [0, 0.1) is 5.92 Å². The molecule has 1 aromatic heterocycles. The minimum Gasteiger partial charge on any atom is -0.339 e. The molecule has 1 heterocycles. The van der Waals surface area contributed by atoms with E-state index in [1.54, 1.807) is 0 Å². The Morgan fingerprint density at radius 1 is 1.05 bits per heavy atom. The van der Waals surface area contributed by atoms with Crippen LogP contribution in [0.1, 0.15) is 45.0 Å². The first-order valence-corrected chi connectivity index (χ1v) is 7.64. The monoisotopic (exact) mass is 287 g/mol. The van der Waals surface area contributed by atoms with E-state index in [-0.39, 0.29) is 0 Å². The van der Waals surface area contributed by atoms with E-state index in [1.165, 1.54) is 5.56 Å². The third-order valence-corrected chi connectivity index (χ3v) is 3.40. The van der Waals surface area contributed by atoms with Crippen LogP contribution in [0.5, 0.6) is 0 Å².